The van der Waals surface area contributed by atoms with Gasteiger partial charge in [-0.2, -0.15) is 13.2 Å². The maximum Gasteiger partial charge on any atom is 0.417 e. The Morgan fingerprint density at radius 1 is 1.19 bits per heavy atom. The van der Waals surface area contributed by atoms with E-state index in [0.717, 1.165) is 31.0 Å². The van der Waals surface area contributed by atoms with Crippen molar-refractivity contribution < 1.29 is 27.2 Å². The second-order valence-corrected chi connectivity index (χ2v) is 7.81. The molecule has 166 valence electrons. The number of aromatic nitrogens is 2. The second kappa shape index (κ2) is 8.37. The lowest BCUT2D eigenvalue weighted by molar-refractivity contribution is -0.136. The van der Waals surface area contributed by atoms with Crippen molar-refractivity contribution >= 4 is 11.1 Å². The molecule has 0 radical (unpaired) electrons. The van der Waals surface area contributed by atoms with E-state index in [2.05, 4.69) is 15.0 Å². The molecule has 6 nitrogen and oxygen atoms in total. The zero-order chi connectivity index (χ0) is 22.2. The molecule has 1 aliphatic heterocycles. The quantitative estimate of drug-likeness (QED) is 0.565. The number of methoxy groups -OCH3 is 2. The molecule has 0 spiro atoms. The summed E-state index contributed by atoms with van der Waals surface area (Å²) in [7, 11) is 3.20. The molecular weight excluding hydrogens is 411 g/mol. The molecule has 3 aromatic rings. The van der Waals surface area contributed by atoms with Crippen molar-refractivity contribution in [1.82, 2.24) is 15.0 Å². The number of halogens is 3. The monoisotopic (exact) mass is 435 g/mol. The Kier molecular flexibility index (Phi) is 5.79. The first-order chi connectivity index (χ1) is 14.8. The minimum absolute atomic E-state index is 0.0213. The zero-order valence-corrected chi connectivity index (χ0v) is 17.6. The van der Waals surface area contributed by atoms with Crippen LogP contribution in [-0.4, -0.2) is 42.3 Å². The minimum atomic E-state index is -4.50. The normalized spacial score (nSPS) is 17.8. The van der Waals surface area contributed by atoms with E-state index in [0.29, 0.717) is 30.3 Å². The van der Waals surface area contributed by atoms with Crippen molar-refractivity contribution in [3.8, 4) is 11.5 Å². The molecule has 1 atom stereocenters. The molecule has 0 aliphatic carbocycles. The van der Waals surface area contributed by atoms with Gasteiger partial charge >= 0.3 is 6.18 Å². The molecule has 31 heavy (non-hydrogen) atoms. The van der Waals surface area contributed by atoms with Crippen LogP contribution >= 0.6 is 0 Å². The average molecular weight is 435 g/mol. The molecular formula is C22H24F3N3O3. The lowest BCUT2D eigenvalue weighted by Crippen LogP contribution is -2.34. The van der Waals surface area contributed by atoms with E-state index < -0.39 is 11.7 Å². The number of pyridine rings is 1. The van der Waals surface area contributed by atoms with E-state index >= 15 is 0 Å². The summed E-state index contributed by atoms with van der Waals surface area (Å²) in [6, 6.07) is 6.70. The Hall–Kier alpha value is -2.81. The van der Waals surface area contributed by atoms with Gasteiger partial charge in [0.15, 0.2) is 0 Å². The molecule has 0 amide bonds. The fourth-order valence-corrected chi connectivity index (χ4v) is 4.24. The molecule has 1 aromatic carbocycles. The minimum Gasteiger partial charge on any atom is -0.497 e. The molecule has 1 aliphatic rings. The van der Waals surface area contributed by atoms with Crippen LogP contribution in [0.5, 0.6) is 11.5 Å². The Balaban J connectivity index is 1.62. The summed E-state index contributed by atoms with van der Waals surface area (Å²) in [6.07, 6.45) is -2.92. The second-order valence-electron chi connectivity index (χ2n) is 7.81. The highest BCUT2D eigenvalue weighted by Crippen LogP contribution is 2.40. The SMILES string of the molecule is COc1ccc(CN2CCC[C@H](c3noc4nc(C)cc(C(F)(F)F)c34)C2)c(OC)c1. The van der Waals surface area contributed by atoms with Crippen LogP contribution in [0.3, 0.4) is 0 Å². The van der Waals surface area contributed by atoms with Crippen LogP contribution in [-0.2, 0) is 12.7 Å². The van der Waals surface area contributed by atoms with E-state index in [-0.39, 0.29) is 22.7 Å². The van der Waals surface area contributed by atoms with Crippen molar-refractivity contribution in [1.29, 1.82) is 0 Å². The van der Waals surface area contributed by atoms with Crippen molar-refractivity contribution in [3.05, 3.63) is 46.8 Å². The van der Waals surface area contributed by atoms with Gasteiger partial charge in [-0.1, -0.05) is 11.2 Å². The number of nitrogens with zero attached hydrogens (tertiary/aromatic N) is 3. The predicted molar refractivity (Wildman–Crippen MR) is 108 cm³/mol. The molecule has 3 heterocycles. The van der Waals surface area contributed by atoms with Crippen molar-refractivity contribution in [2.45, 2.75) is 38.4 Å². The topological polar surface area (TPSA) is 60.6 Å². The Labute approximate surface area is 177 Å². The van der Waals surface area contributed by atoms with Crippen LogP contribution in [0.15, 0.2) is 28.8 Å². The van der Waals surface area contributed by atoms with Crippen LogP contribution < -0.4 is 9.47 Å². The average Bonchev–Trinajstić information content (AvgIpc) is 3.16. The number of hydrogen-bond acceptors (Lipinski definition) is 6. The lowest BCUT2D eigenvalue weighted by atomic mass is 9.91. The van der Waals surface area contributed by atoms with Crippen LogP contribution in [0.2, 0.25) is 0 Å². The van der Waals surface area contributed by atoms with Crippen LogP contribution in [0.4, 0.5) is 13.2 Å². The molecule has 1 saturated heterocycles. The third kappa shape index (κ3) is 4.32. The highest BCUT2D eigenvalue weighted by molar-refractivity contribution is 5.81. The highest BCUT2D eigenvalue weighted by Gasteiger charge is 2.37. The largest absolute Gasteiger partial charge is 0.497 e. The van der Waals surface area contributed by atoms with E-state index in [4.69, 9.17) is 14.0 Å². The van der Waals surface area contributed by atoms with E-state index in [9.17, 15) is 13.2 Å². The van der Waals surface area contributed by atoms with Crippen LogP contribution in [0, 0.1) is 6.92 Å². The predicted octanol–water partition coefficient (Wildman–Crippen LogP) is 4.95. The highest BCUT2D eigenvalue weighted by atomic mass is 19.4. The lowest BCUT2D eigenvalue weighted by Gasteiger charge is -2.32. The summed E-state index contributed by atoms with van der Waals surface area (Å²) in [6.45, 7) is 3.54. The standard InChI is InChI=1S/C22H24F3N3O3/c1-13-9-17(22(23,24)25)19-20(27-31-21(19)26-13)15-5-4-8-28(12-15)11-14-6-7-16(29-2)10-18(14)30-3/h6-7,9-10,15H,4-5,8,11-12H2,1-3H3/t15-/m0/s1. The summed E-state index contributed by atoms with van der Waals surface area (Å²) >= 11 is 0. The van der Waals surface area contributed by atoms with Gasteiger partial charge in [0.2, 0.25) is 0 Å². The van der Waals surface area contributed by atoms with Gasteiger partial charge in [0.25, 0.3) is 5.71 Å². The Morgan fingerprint density at radius 3 is 2.71 bits per heavy atom. The van der Waals surface area contributed by atoms with Crippen molar-refractivity contribution in [3.63, 3.8) is 0 Å². The fourth-order valence-electron chi connectivity index (χ4n) is 4.24. The van der Waals surface area contributed by atoms with Crippen molar-refractivity contribution in [2.75, 3.05) is 27.3 Å². The molecule has 0 saturated carbocycles. The summed E-state index contributed by atoms with van der Waals surface area (Å²) in [5.74, 6) is 1.24. The number of aryl methyl sites for hydroxylation is 1. The number of ether oxygens (including phenoxy) is 2. The fraction of sp³-hybridized carbons (Fsp3) is 0.455. The smallest absolute Gasteiger partial charge is 0.417 e. The van der Waals surface area contributed by atoms with Gasteiger partial charge in [0.1, 0.15) is 11.5 Å². The first kappa shape index (κ1) is 21.4. The molecule has 1 fully saturated rings. The van der Waals surface area contributed by atoms with E-state index in [1.165, 1.54) is 6.92 Å². The third-order valence-corrected chi connectivity index (χ3v) is 5.69. The van der Waals surface area contributed by atoms with Gasteiger partial charge in [-0.05, 0) is 38.4 Å². The number of likely N-dealkylation sites (tertiary alicyclic amines) is 1. The van der Waals surface area contributed by atoms with Gasteiger partial charge in [-0.15, -0.1) is 0 Å². The molecule has 0 bridgehead atoms. The Morgan fingerprint density at radius 2 is 2.00 bits per heavy atom. The first-order valence-electron chi connectivity index (χ1n) is 10.1. The number of benzene rings is 1. The molecule has 2 aromatic heterocycles. The van der Waals surface area contributed by atoms with Crippen molar-refractivity contribution in [2.24, 2.45) is 0 Å². The summed E-state index contributed by atoms with van der Waals surface area (Å²) in [5, 5.41) is 4.01. The Bertz CT molecular complexity index is 1080. The number of alkyl halides is 3. The number of hydrogen-bond donors (Lipinski definition) is 0. The maximum atomic E-state index is 13.7. The van der Waals surface area contributed by atoms with Gasteiger partial charge in [0.05, 0.1) is 30.9 Å². The van der Waals surface area contributed by atoms with Gasteiger partial charge in [-0.3, -0.25) is 4.90 Å². The third-order valence-electron chi connectivity index (χ3n) is 5.69. The molecule has 9 heteroatoms. The summed E-state index contributed by atoms with van der Waals surface area (Å²) < 4.78 is 57.1. The number of fused-ring (bicyclic) bond motifs is 1. The summed E-state index contributed by atoms with van der Waals surface area (Å²) in [5.41, 5.74) is 0.777. The first-order valence-corrected chi connectivity index (χ1v) is 10.1. The van der Waals surface area contributed by atoms with E-state index in [1.54, 1.807) is 14.2 Å². The number of rotatable bonds is 5. The molecule has 0 unspecified atom stereocenters. The molecule has 4 rings (SSSR count). The number of piperidine rings is 1. The van der Waals surface area contributed by atoms with Gasteiger partial charge < -0.3 is 14.0 Å². The van der Waals surface area contributed by atoms with Gasteiger partial charge in [0, 0.05) is 36.3 Å². The van der Waals surface area contributed by atoms with E-state index in [1.807, 2.05) is 18.2 Å². The van der Waals surface area contributed by atoms with Crippen LogP contribution in [0.1, 0.15) is 41.3 Å². The van der Waals surface area contributed by atoms with Gasteiger partial charge in [-0.25, -0.2) is 4.98 Å². The summed E-state index contributed by atoms with van der Waals surface area (Å²) in [4.78, 5) is 6.32. The zero-order valence-electron chi connectivity index (χ0n) is 17.6. The van der Waals surface area contributed by atoms with Crippen LogP contribution in [0.25, 0.3) is 11.1 Å². The maximum absolute atomic E-state index is 13.7. The molecule has 0 N–H and O–H groups in total.